The fourth-order valence-electron chi connectivity index (χ4n) is 4.72. The second kappa shape index (κ2) is 8.71. The van der Waals surface area contributed by atoms with Crippen molar-refractivity contribution < 1.29 is 14.7 Å². The van der Waals surface area contributed by atoms with E-state index in [2.05, 4.69) is 4.90 Å². The van der Waals surface area contributed by atoms with Gasteiger partial charge in [-0.2, -0.15) is 0 Å². The lowest BCUT2D eigenvalue weighted by molar-refractivity contribution is -0.136. The molecule has 164 valence electrons. The molecule has 31 heavy (non-hydrogen) atoms. The summed E-state index contributed by atoms with van der Waals surface area (Å²) in [7, 11) is 0. The van der Waals surface area contributed by atoms with Gasteiger partial charge in [-0.15, -0.1) is 0 Å². The van der Waals surface area contributed by atoms with Gasteiger partial charge in [0.1, 0.15) is 11.3 Å². The predicted molar refractivity (Wildman–Crippen MR) is 119 cm³/mol. The molecule has 2 aliphatic rings. The molecule has 1 spiro atoms. The smallest absolute Gasteiger partial charge is 0.327 e. The Hall–Kier alpha value is -2.86. The number of hydrogen-bond donors (Lipinski definition) is 1. The maximum Gasteiger partial charge on any atom is 0.327 e. The van der Waals surface area contributed by atoms with E-state index in [-0.39, 0.29) is 23.6 Å². The van der Waals surface area contributed by atoms with Crippen LogP contribution in [-0.2, 0) is 17.9 Å². The second-order valence-electron chi connectivity index (χ2n) is 9.14. The van der Waals surface area contributed by atoms with Gasteiger partial charge in [-0.25, -0.2) is 4.79 Å². The van der Waals surface area contributed by atoms with E-state index in [1.54, 1.807) is 12.1 Å². The number of amides is 3. The Labute approximate surface area is 184 Å². The van der Waals surface area contributed by atoms with Gasteiger partial charge in [0.25, 0.3) is 5.91 Å². The number of likely N-dealkylation sites (tertiary alicyclic amines) is 1. The molecule has 0 atom stereocenters. The summed E-state index contributed by atoms with van der Waals surface area (Å²) in [5.74, 6) is 0.459. The Bertz CT molecular complexity index is 919. The van der Waals surface area contributed by atoms with Crippen LogP contribution in [0.3, 0.4) is 0 Å². The number of phenolic OH excluding ortho intramolecular Hbond substituents is 1. The molecule has 3 amide bonds. The normalized spacial score (nSPS) is 19.1. The average Bonchev–Trinajstić information content (AvgIpc) is 2.94. The van der Waals surface area contributed by atoms with E-state index in [9.17, 15) is 14.7 Å². The van der Waals surface area contributed by atoms with Crippen LogP contribution in [0.25, 0.3) is 0 Å². The minimum absolute atomic E-state index is 0.0357. The van der Waals surface area contributed by atoms with Crippen molar-refractivity contribution in [1.29, 1.82) is 0 Å². The van der Waals surface area contributed by atoms with Crippen LogP contribution in [0.5, 0.6) is 5.75 Å². The number of nitrogens with zero attached hydrogens (tertiary/aromatic N) is 3. The molecule has 0 radical (unpaired) electrons. The lowest BCUT2D eigenvalue weighted by Crippen LogP contribution is -2.56. The second-order valence-corrected chi connectivity index (χ2v) is 9.14. The summed E-state index contributed by atoms with van der Waals surface area (Å²) >= 11 is 0. The highest BCUT2D eigenvalue weighted by molar-refractivity contribution is 6.07. The SMILES string of the molecule is CC(C)CN1C(=O)N(Cc2ccccc2)C2(CCN(Cc3ccc(O)cc3)CC2)C1=O. The zero-order chi connectivity index (χ0) is 22.0. The molecule has 0 aliphatic carbocycles. The van der Waals surface area contributed by atoms with Gasteiger partial charge in [-0.3, -0.25) is 14.6 Å². The molecular weight excluding hydrogens is 390 g/mol. The first-order chi connectivity index (χ1) is 14.9. The van der Waals surface area contributed by atoms with Gasteiger partial charge >= 0.3 is 6.03 Å². The van der Waals surface area contributed by atoms with Crippen molar-refractivity contribution in [3.05, 3.63) is 65.7 Å². The van der Waals surface area contributed by atoms with Crippen molar-refractivity contribution in [2.24, 2.45) is 5.92 Å². The summed E-state index contributed by atoms with van der Waals surface area (Å²) in [6, 6.07) is 17.0. The van der Waals surface area contributed by atoms with E-state index < -0.39 is 5.54 Å². The molecular formula is C25H31N3O3. The number of hydrogen-bond acceptors (Lipinski definition) is 4. The summed E-state index contributed by atoms with van der Waals surface area (Å²) < 4.78 is 0. The number of piperidine rings is 1. The molecule has 0 unspecified atom stereocenters. The number of carbonyl (C=O) groups is 2. The van der Waals surface area contributed by atoms with Crippen molar-refractivity contribution in [2.45, 2.75) is 45.3 Å². The molecule has 6 heteroatoms. The highest BCUT2D eigenvalue weighted by Gasteiger charge is 2.57. The number of aromatic hydroxyl groups is 1. The lowest BCUT2D eigenvalue weighted by Gasteiger charge is -2.42. The zero-order valence-corrected chi connectivity index (χ0v) is 18.3. The van der Waals surface area contributed by atoms with Gasteiger partial charge in [0, 0.05) is 32.7 Å². The van der Waals surface area contributed by atoms with Crippen LogP contribution >= 0.6 is 0 Å². The monoisotopic (exact) mass is 421 g/mol. The van der Waals surface area contributed by atoms with Gasteiger partial charge in [0.05, 0.1) is 0 Å². The minimum atomic E-state index is -0.757. The fraction of sp³-hybridized carbons (Fsp3) is 0.440. The van der Waals surface area contributed by atoms with Gasteiger partial charge in [-0.05, 0) is 42.0 Å². The average molecular weight is 422 g/mol. The molecule has 2 saturated heterocycles. The zero-order valence-electron chi connectivity index (χ0n) is 18.3. The highest BCUT2D eigenvalue weighted by Crippen LogP contribution is 2.39. The molecule has 6 nitrogen and oxygen atoms in total. The Morgan fingerprint density at radius 1 is 0.903 bits per heavy atom. The van der Waals surface area contributed by atoms with E-state index in [0.29, 0.717) is 25.9 Å². The van der Waals surface area contributed by atoms with Crippen LogP contribution in [-0.4, -0.2) is 56.9 Å². The number of urea groups is 1. The van der Waals surface area contributed by atoms with Crippen molar-refractivity contribution in [3.8, 4) is 5.75 Å². The summed E-state index contributed by atoms with van der Waals surface area (Å²) in [6.45, 7) is 7.26. The van der Waals surface area contributed by atoms with Crippen LogP contribution < -0.4 is 0 Å². The molecule has 4 rings (SSSR count). The summed E-state index contributed by atoms with van der Waals surface area (Å²) in [5.41, 5.74) is 1.42. The molecule has 2 heterocycles. The molecule has 0 saturated carbocycles. The van der Waals surface area contributed by atoms with Gasteiger partial charge in [0.2, 0.25) is 0 Å². The van der Waals surface area contributed by atoms with Crippen molar-refractivity contribution >= 4 is 11.9 Å². The standard InChI is InChI=1S/C25H31N3O3/c1-19(2)16-27-23(30)25(28(24(27)31)18-20-6-4-3-5-7-20)12-14-26(15-13-25)17-21-8-10-22(29)11-9-21/h3-11,19,29H,12-18H2,1-2H3. The first-order valence-electron chi connectivity index (χ1n) is 11.1. The molecule has 2 aromatic carbocycles. The molecule has 2 aromatic rings. The quantitative estimate of drug-likeness (QED) is 0.720. The lowest BCUT2D eigenvalue weighted by atomic mass is 9.85. The van der Waals surface area contributed by atoms with Crippen LogP contribution in [0.15, 0.2) is 54.6 Å². The van der Waals surface area contributed by atoms with Crippen LogP contribution in [0.4, 0.5) is 4.79 Å². The van der Waals surface area contributed by atoms with Gasteiger partial charge in [-0.1, -0.05) is 56.3 Å². The van der Waals surface area contributed by atoms with Crippen LogP contribution in [0.1, 0.15) is 37.8 Å². The van der Waals surface area contributed by atoms with E-state index >= 15 is 0 Å². The highest BCUT2D eigenvalue weighted by atomic mass is 16.3. The van der Waals surface area contributed by atoms with E-state index in [1.165, 1.54) is 4.90 Å². The van der Waals surface area contributed by atoms with Gasteiger partial charge < -0.3 is 10.0 Å². The largest absolute Gasteiger partial charge is 0.508 e. The molecule has 0 aromatic heterocycles. The maximum atomic E-state index is 13.5. The van der Waals surface area contributed by atoms with Crippen molar-refractivity contribution in [1.82, 2.24) is 14.7 Å². The third kappa shape index (κ3) is 4.30. The minimum Gasteiger partial charge on any atom is -0.508 e. The van der Waals surface area contributed by atoms with Crippen LogP contribution in [0, 0.1) is 5.92 Å². The summed E-state index contributed by atoms with van der Waals surface area (Å²) in [4.78, 5) is 32.5. The number of benzene rings is 2. The third-order valence-electron chi connectivity index (χ3n) is 6.38. The van der Waals surface area contributed by atoms with Crippen molar-refractivity contribution in [2.75, 3.05) is 19.6 Å². The molecule has 2 fully saturated rings. The first kappa shape index (κ1) is 21.4. The summed E-state index contributed by atoms with van der Waals surface area (Å²) in [5, 5.41) is 9.50. The topological polar surface area (TPSA) is 64.1 Å². The third-order valence-corrected chi connectivity index (χ3v) is 6.38. The number of carbonyl (C=O) groups excluding carboxylic acids is 2. The van der Waals surface area contributed by atoms with Crippen molar-refractivity contribution in [3.63, 3.8) is 0 Å². The Balaban J connectivity index is 1.53. The fourth-order valence-corrected chi connectivity index (χ4v) is 4.72. The van der Waals surface area contributed by atoms with E-state index in [4.69, 9.17) is 0 Å². The summed E-state index contributed by atoms with van der Waals surface area (Å²) in [6.07, 6.45) is 1.27. The van der Waals surface area contributed by atoms with E-state index in [1.807, 2.05) is 61.2 Å². The first-order valence-corrected chi connectivity index (χ1v) is 11.1. The number of phenols is 1. The number of rotatable bonds is 6. The maximum absolute atomic E-state index is 13.5. The van der Waals surface area contributed by atoms with E-state index in [0.717, 1.165) is 30.8 Å². The molecule has 1 N–H and O–H groups in total. The molecule has 2 aliphatic heterocycles. The Morgan fingerprint density at radius 2 is 1.52 bits per heavy atom. The Kier molecular flexibility index (Phi) is 6.01. The molecule has 0 bridgehead atoms. The van der Waals surface area contributed by atoms with Gasteiger partial charge in [0.15, 0.2) is 0 Å². The number of imide groups is 1. The Morgan fingerprint density at radius 3 is 2.13 bits per heavy atom. The van der Waals surface area contributed by atoms with Crippen LogP contribution in [0.2, 0.25) is 0 Å². The predicted octanol–water partition coefficient (Wildman–Crippen LogP) is 3.85.